The van der Waals surface area contributed by atoms with Crippen molar-refractivity contribution in [2.75, 3.05) is 37.7 Å². The van der Waals surface area contributed by atoms with Crippen LogP contribution in [0, 0.1) is 5.92 Å². The van der Waals surface area contributed by atoms with Gasteiger partial charge in [0.25, 0.3) is 5.95 Å². The number of rotatable bonds is 7. The van der Waals surface area contributed by atoms with Gasteiger partial charge in [-0.05, 0) is 36.9 Å². The number of hydrogen-bond acceptors (Lipinski definition) is 6. The van der Waals surface area contributed by atoms with Gasteiger partial charge in [-0.3, -0.25) is 0 Å². The molecule has 0 amide bonds. The van der Waals surface area contributed by atoms with Gasteiger partial charge in [0, 0.05) is 25.6 Å². The van der Waals surface area contributed by atoms with E-state index in [4.69, 9.17) is 9.26 Å². The van der Waals surface area contributed by atoms with Gasteiger partial charge in [0.05, 0.1) is 13.2 Å². The van der Waals surface area contributed by atoms with Crippen LogP contribution >= 0.6 is 0 Å². The summed E-state index contributed by atoms with van der Waals surface area (Å²) < 4.78 is 10.8. The van der Waals surface area contributed by atoms with Crippen LogP contribution in [0.5, 0.6) is 0 Å². The van der Waals surface area contributed by atoms with E-state index < -0.39 is 0 Å². The molecule has 1 aromatic rings. The van der Waals surface area contributed by atoms with Gasteiger partial charge in [0.1, 0.15) is 0 Å². The highest BCUT2D eigenvalue weighted by atomic mass is 16.5. The largest absolute Gasteiger partial charge is 0.378 e. The van der Waals surface area contributed by atoms with E-state index in [-0.39, 0.29) is 0 Å². The van der Waals surface area contributed by atoms with E-state index in [2.05, 4.69) is 27.3 Å². The molecule has 1 aliphatic carbocycles. The summed E-state index contributed by atoms with van der Waals surface area (Å²) in [6.07, 6.45) is 4.66. The lowest BCUT2D eigenvalue weighted by Crippen LogP contribution is -2.37. The Bertz CT molecular complexity index is 413. The predicted octanol–water partition coefficient (Wildman–Crippen LogP) is 1.23. The van der Waals surface area contributed by atoms with Crippen LogP contribution < -0.4 is 10.2 Å². The molecule has 2 fully saturated rings. The van der Waals surface area contributed by atoms with Crippen molar-refractivity contribution >= 4 is 5.95 Å². The Kier molecular flexibility index (Phi) is 4.52. The van der Waals surface area contributed by atoms with Gasteiger partial charge in [0.2, 0.25) is 5.89 Å². The van der Waals surface area contributed by atoms with E-state index in [9.17, 15) is 0 Å². The first-order valence-electron chi connectivity index (χ1n) is 7.75. The van der Waals surface area contributed by atoms with E-state index in [1.54, 1.807) is 0 Å². The maximum atomic E-state index is 5.42. The Morgan fingerprint density at radius 2 is 2.15 bits per heavy atom. The van der Waals surface area contributed by atoms with Crippen molar-refractivity contribution in [3.8, 4) is 0 Å². The predicted molar refractivity (Wildman–Crippen MR) is 75.8 cm³/mol. The topological polar surface area (TPSA) is 63.4 Å². The average Bonchev–Trinajstić information content (AvgIpc) is 3.23. The molecule has 2 aliphatic rings. The summed E-state index contributed by atoms with van der Waals surface area (Å²) in [5.74, 6) is 2.26. The van der Waals surface area contributed by atoms with Gasteiger partial charge in [-0.15, -0.1) is 0 Å². The molecular weight excluding hydrogens is 256 g/mol. The van der Waals surface area contributed by atoms with E-state index in [0.29, 0.717) is 12.0 Å². The van der Waals surface area contributed by atoms with Crippen LogP contribution in [-0.4, -0.2) is 49.0 Å². The zero-order valence-electron chi connectivity index (χ0n) is 12.2. The summed E-state index contributed by atoms with van der Waals surface area (Å²) in [7, 11) is 0. The molecule has 1 saturated heterocycles. The zero-order valence-corrected chi connectivity index (χ0v) is 12.2. The van der Waals surface area contributed by atoms with E-state index in [0.717, 1.165) is 57.5 Å². The fourth-order valence-electron chi connectivity index (χ4n) is 2.64. The SMILES string of the molecule is CCCNC(Cc1nc(N2CCOCC2)no1)C1CC1. The third kappa shape index (κ3) is 3.49. The van der Waals surface area contributed by atoms with Crippen LogP contribution in [0.2, 0.25) is 0 Å². The minimum atomic E-state index is 0.493. The van der Waals surface area contributed by atoms with E-state index >= 15 is 0 Å². The summed E-state index contributed by atoms with van der Waals surface area (Å²) in [6, 6.07) is 0.493. The highest BCUT2D eigenvalue weighted by Gasteiger charge is 2.32. The molecule has 0 spiro atoms. The van der Waals surface area contributed by atoms with Gasteiger partial charge in [0.15, 0.2) is 0 Å². The number of nitrogens with zero attached hydrogens (tertiary/aromatic N) is 3. The first-order valence-corrected chi connectivity index (χ1v) is 7.75. The van der Waals surface area contributed by atoms with Crippen molar-refractivity contribution in [3.05, 3.63) is 5.89 Å². The molecular formula is C14H24N4O2. The first-order chi connectivity index (χ1) is 9.86. The van der Waals surface area contributed by atoms with Crippen LogP contribution in [0.25, 0.3) is 0 Å². The number of nitrogens with one attached hydrogen (secondary N) is 1. The first kappa shape index (κ1) is 13.8. The molecule has 0 bridgehead atoms. The van der Waals surface area contributed by atoms with Gasteiger partial charge in [-0.2, -0.15) is 4.98 Å². The van der Waals surface area contributed by atoms with Crippen molar-refractivity contribution < 1.29 is 9.26 Å². The molecule has 6 heteroatoms. The molecule has 1 saturated carbocycles. The summed E-state index contributed by atoms with van der Waals surface area (Å²) in [6.45, 7) is 6.43. The molecule has 112 valence electrons. The molecule has 1 atom stereocenters. The average molecular weight is 280 g/mol. The third-order valence-corrected chi connectivity index (χ3v) is 3.99. The molecule has 3 rings (SSSR count). The lowest BCUT2D eigenvalue weighted by atomic mass is 10.1. The number of morpholine rings is 1. The van der Waals surface area contributed by atoms with Crippen LogP contribution in [0.4, 0.5) is 5.95 Å². The number of ether oxygens (including phenoxy) is 1. The number of aromatic nitrogens is 2. The quantitative estimate of drug-likeness (QED) is 0.810. The summed E-state index contributed by atoms with van der Waals surface area (Å²) >= 11 is 0. The maximum absolute atomic E-state index is 5.42. The van der Waals surface area contributed by atoms with E-state index in [1.165, 1.54) is 12.8 Å². The second-order valence-electron chi connectivity index (χ2n) is 5.69. The van der Waals surface area contributed by atoms with Crippen LogP contribution in [-0.2, 0) is 11.2 Å². The van der Waals surface area contributed by atoms with Crippen molar-refractivity contribution in [2.45, 2.75) is 38.6 Å². The smallest absolute Gasteiger partial charge is 0.266 e. The molecule has 6 nitrogen and oxygen atoms in total. The molecule has 1 N–H and O–H groups in total. The molecule has 20 heavy (non-hydrogen) atoms. The minimum absolute atomic E-state index is 0.493. The standard InChI is InChI=1S/C14H24N4O2/c1-2-5-15-12(11-3-4-11)10-13-16-14(17-20-13)18-6-8-19-9-7-18/h11-12,15H,2-10H2,1H3. The van der Waals surface area contributed by atoms with Gasteiger partial charge in [-0.25, -0.2) is 0 Å². The minimum Gasteiger partial charge on any atom is -0.378 e. The molecule has 0 aromatic carbocycles. The molecule has 1 unspecified atom stereocenters. The fourth-order valence-corrected chi connectivity index (χ4v) is 2.64. The van der Waals surface area contributed by atoms with Crippen molar-refractivity contribution in [1.82, 2.24) is 15.5 Å². The molecule has 2 heterocycles. The monoisotopic (exact) mass is 280 g/mol. The Morgan fingerprint density at radius 1 is 1.35 bits per heavy atom. The van der Waals surface area contributed by atoms with Gasteiger partial charge < -0.3 is 19.5 Å². The van der Waals surface area contributed by atoms with E-state index in [1.807, 2.05) is 0 Å². The zero-order chi connectivity index (χ0) is 13.8. The highest BCUT2D eigenvalue weighted by molar-refractivity contribution is 5.28. The Labute approximate surface area is 119 Å². The lowest BCUT2D eigenvalue weighted by Gasteiger charge is -2.24. The van der Waals surface area contributed by atoms with Crippen molar-refractivity contribution in [1.29, 1.82) is 0 Å². The van der Waals surface area contributed by atoms with Crippen LogP contribution in [0.1, 0.15) is 32.1 Å². The van der Waals surface area contributed by atoms with Crippen LogP contribution in [0.3, 0.4) is 0 Å². The van der Waals surface area contributed by atoms with Crippen molar-refractivity contribution in [2.24, 2.45) is 5.92 Å². The highest BCUT2D eigenvalue weighted by Crippen LogP contribution is 2.34. The second-order valence-corrected chi connectivity index (χ2v) is 5.69. The summed E-state index contributed by atoms with van der Waals surface area (Å²) in [5.41, 5.74) is 0. The lowest BCUT2D eigenvalue weighted by molar-refractivity contribution is 0.121. The van der Waals surface area contributed by atoms with Gasteiger partial charge >= 0.3 is 0 Å². The summed E-state index contributed by atoms with van der Waals surface area (Å²) in [5, 5.41) is 7.72. The number of anilines is 1. The maximum Gasteiger partial charge on any atom is 0.266 e. The third-order valence-electron chi connectivity index (χ3n) is 3.99. The molecule has 0 radical (unpaired) electrons. The van der Waals surface area contributed by atoms with Gasteiger partial charge in [-0.1, -0.05) is 6.92 Å². The Hall–Kier alpha value is -1.14. The van der Waals surface area contributed by atoms with Crippen molar-refractivity contribution in [3.63, 3.8) is 0 Å². The molecule has 1 aromatic heterocycles. The summed E-state index contributed by atoms with van der Waals surface area (Å²) in [4.78, 5) is 6.67. The molecule has 1 aliphatic heterocycles. The number of hydrogen-bond donors (Lipinski definition) is 1. The second kappa shape index (κ2) is 6.54. The normalized spacial score (nSPS) is 21.1. The fraction of sp³-hybridized carbons (Fsp3) is 0.857. The Morgan fingerprint density at radius 3 is 2.85 bits per heavy atom. The Balaban J connectivity index is 1.57. The van der Waals surface area contributed by atoms with Crippen LogP contribution in [0.15, 0.2) is 4.52 Å².